The number of hydrogen-bond donors (Lipinski definition) is 2. The quantitative estimate of drug-likeness (QED) is 0.554. The molecule has 6 nitrogen and oxygen atoms in total. The van der Waals surface area contributed by atoms with E-state index in [1.807, 2.05) is 20.8 Å². The normalized spacial score (nSPS) is 16.7. The monoisotopic (exact) mass is 278 g/mol. The SMILES string of the molecule is CC(C)(C)OC(=O)N1CCC(N=C(N)N)CC1.Cl. The summed E-state index contributed by atoms with van der Waals surface area (Å²) >= 11 is 0. The first-order chi connectivity index (χ1) is 7.78. The first-order valence-corrected chi connectivity index (χ1v) is 5.84. The van der Waals surface area contributed by atoms with Gasteiger partial charge in [-0.15, -0.1) is 12.4 Å². The largest absolute Gasteiger partial charge is 0.444 e. The van der Waals surface area contributed by atoms with E-state index in [4.69, 9.17) is 16.2 Å². The van der Waals surface area contributed by atoms with Crippen LogP contribution in [0.5, 0.6) is 0 Å². The molecule has 0 saturated carbocycles. The van der Waals surface area contributed by atoms with Gasteiger partial charge >= 0.3 is 6.09 Å². The number of ether oxygens (including phenoxy) is 1. The van der Waals surface area contributed by atoms with E-state index >= 15 is 0 Å². The minimum Gasteiger partial charge on any atom is -0.444 e. The molecule has 1 aliphatic heterocycles. The molecule has 106 valence electrons. The van der Waals surface area contributed by atoms with Crippen LogP contribution in [0.2, 0.25) is 0 Å². The third-order valence-electron chi connectivity index (χ3n) is 2.45. The molecule has 0 atom stereocenters. The number of piperidine rings is 1. The third kappa shape index (κ3) is 5.95. The molecule has 0 aliphatic carbocycles. The number of aliphatic imine (C=N–C) groups is 1. The van der Waals surface area contributed by atoms with E-state index < -0.39 is 5.60 Å². The van der Waals surface area contributed by atoms with Crippen molar-refractivity contribution in [2.45, 2.75) is 45.3 Å². The third-order valence-corrected chi connectivity index (χ3v) is 2.45. The van der Waals surface area contributed by atoms with Gasteiger partial charge in [0.1, 0.15) is 5.60 Å². The van der Waals surface area contributed by atoms with Crippen molar-refractivity contribution in [3.05, 3.63) is 0 Å². The molecule has 1 rings (SSSR count). The van der Waals surface area contributed by atoms with Gasteiger partial charge in [-0.3, -0.25) is 4.99 Å². The van der Waals surface area contributed by atoms with E-state index in [0.717, 1.165) is 12.8 Å². The number of hydrogen-bond acceptors (Lipinski definition) is 3. The highest BCUT2D eigenvalue weighted by atomic mass is 35.5. The van der Waals surface area contributed by atoms with E-state index in [0.29, 0.717) is 13.1 Å². The predicted molar refractivity (Wildman–Crippen MR) is 73.9 cm³/mol. The van der Waals surface area contributed by atoms with Crippen molar-refractivity contribution < 1.29 is 9.53 Å². The maximum atomic E-state index is 11.8. The van der Waals surface area contributed by atoms with Gasteiger partial charge in [0.2, 0.25) is 0 Å². The van der Waals surface area contributed by atoms with E-state index in [2.05, 4.69) is 4.99 Å². The zero-order chi connectivity index (χ0) is 13.1. The van der Waals surface area contributed by atoms with Gasteiger partial charge in [-0.05, 0) is 33.6 Å². The van der Waals surface area contributed by atoms with Crippen LogP contribution in [0.4, 0.5) is 4.79 Å². The van der Waals surface area contributed by atoms with Crippen LogP contribution in [0.15, 0.2) is 4.99 Å². The Morgan fingerprint density at radius 2 is 1.78 bits per heavy atom. The second-order valence-corrected chi connectivity index (χ2v) is 5.25. The summed E-state index contributed by atoms with van der Waals surface area (Å²) in [6.45, 7) is 6.85. The lowest BCUT2D eigenvalue weighted by Crippen LogP contribution is -2.43. The lowest BCUT2D eigenvalue weighted by atomic mass is 10.1. The van der Waals surface area contributed by atoms with Crippen LogP contribution in [-0.2, 0) is 4.74 Å². The Labute approximate surface area is 114 Å². The molecule has 1 fully saturated rings. The zero-order valence-electron chi connectivity index (χ0n) is 11.2. The molecule has 0 radical (unpaired) electrons. The first kappa shape index (κ1) is 16.8. The molecule has 1 aliphatic rings. The van der Waals surface area contributed by atoms with E-state index in [9.17, 15) is 4.79 Å². The van der Waals surface area contributed by atoms with Gasteiger partial charge < -0.3 is 21.1 Å². The average molecular weight is 279 g/mol. The molecule has 1 amide bonds. The van der Waals surface area contributed by atoms with Gasteiger partial charge in [0.15, 0.2) is 5.96 Å². The van der Waals surface area contributed by atoms with Crippen LogP contribution < -0.4 is 11.5 Å². The van der Waals surface area contributed by atoms with E-state index in [1.165, 1.54) is 0 Å². The van der Waals surface area contributed by atoms with Gasteiger partial charge in [-0.1, -0.05) is 0 Å². The maximum Gasteiger partial charge on any atom is 0.410 e. The summed E-state index contributed by atoms with van der Waals surface area (Å²) in [6, 6.07) is 0.124. The number of halogens is 1. The highest BCUT2D eigenvalue weighted by molar-refractivity contribution is 5.85. The molecule has 0 unspecified atom stereocenters. The molecule has 0 bridgehead atoms. The number of carbonyl (C=O) groups excluding carboxylic acids is 1. The van der Waals surface area contributed by atoms with Crippen molar-refractivity contribution in [2.24, 2.45) is 16.5 Å². The van der Waals surface area contributed by atoms with Crippen molar-refractivity contribution in [2.75, 3.05) is 13.1 Å². The average Bonchev–Trinajstić information content (AvgIpc) is 2.15. The zero-order valence-corrected chi connectivity index (χ0v) is 12.0. The summed E-state index contributed by atoms with van der Waals surface area (Å²) in [5.41, 5.74) is 10.2. The fourth-order valence-electron chi connectivity index (χ4n) is 1.71. The Morgan fingerprint density at radius 3 is 2.17 bits per heavy atom. The predicted octanol–water partition coefficient (Wildman–Crippen LogP) is 1.08. The minimum absolute atomic E-state index is 0. The molecular weight excluding hydrogens is 256 g/mol. The Balaban J connectivity index is 0.00000289. The van der Waals surface area contributed by atoms with Crippen molar-refractivity contribution in [1.29, 1.82) is 0 Å². The molecule has 7 heteroatoms. The summed E-state index contributed by atoms with van der Waals surface area (Å²) in [5, 5.41) is 0. The highest BCUT2D eigenvalue weighted by Crippen LogP contribution is 2.16. The fraction of sp³-hybridized carbons (Fsp3) is 0.818. The summed E-state index contributed by atoms with van der Waals surface area (Å²) < 4.78 is 5.30. The second kappa shape index (κ2) is 6.68. The van der Waals surface area contributed by atoms with Gasteiger partial charge in [-0.25, -0.2) is 4.79 Å². The van der Waals surface area contributed by atoms with Crippen molar-refractivity contribution in [3.8, 4) is 0 Å². The van der Waals surface area contributed by atoms with Crippen molar-refractivity contribution >= 4 is 24.5 Å². The second-order valence-electron chi connectivity index (χ2n) is 5.25. The Kier molecular flexibility index (Phi) is 6.25. The number of guanidine groups is 1. The molecule has 4 N–H and O–H groups in total. The lowest BCUT2D eigenvalue weighted by molar-refractivity contribution is 0.0207. The first-order valence-electron chi connectivity index (χ1n) is 5.84. The molecule has 0 aromatic rings. The molecule has 1 saturated heterocycles. The Bertz CT molecular complexity index is 303. The highest BCUT2D eigenvalue weighted by Gasteiger charge is 2.26. The van der Waals surface area contributed by atoms with Crippen LogP contribution in [-0.4, -0.2) is 41.7 Å². The Hall–Kier alpha value is -1.17. The summed E-state index contributed by atoms with van der Waals surface area (Å²) in [6.07, 6.45) is 1.29. The molecule has 0 aromatic carbocycles. The number of likely N-dealkylation sites (tertiary alicyclic amines) is 1. The van der Waals surface area contributed by atoms with Gasteiger partial charge in [0.05, 0.1) is 6.04 Å². The Morgan fingerprint density at radius 1 is 1.28 bits per heavy atom. The van der Waals surface area contributed by atoms with Crippen molar-refractivity contribution in [3.63, 3.8) is 0 Å². The standard InChI is InChI=1S/C11H22N4O2.ClH/c1-11(2,3)17-10(16)15-6-4-8(5-7-15)14-9(12)13;/h8H,4-7H2,1-3H3,(H4,12,13,14);1H. The minimum atomic E-state index is -0.451. The van der Waals surface area contributed by atoms with Crippen LogP contribution in [0, 0.1) is 0 Å². The van der Waals surface area contributed by atoms with Gasteiger partial charge in [0.25, 0.3) is 0 Å². The lowest BCUT2D eigenvalue weighted by Gasteiger charge is -2.32. The molecule has 18 heavy (non-hydrogen) atoms. The number of amides is 1. The summed E-state index contributed by atoms with van der Waals surface area (Å²) in [4.78, 5) is 17.6. The molecule has 1 heterocycles. The number of nitrogens with zero attached hydrogens (tertiary/aromatic N) is 2. The van der Waals surface area contributed by atoms with Crippen LogP contribution >= 0.6 is 12.4 Å². The van der Waals surface area contributed by atoms with E-state index in [-0.39, 0.29) is 30.5 Å². The maximum absolute atomic E-state index is 11.8. The topological polar surface area (TPSA) is 93.9 Å². The number of carbonyl (C=O) groups is 1. The van der Waals surface area contributed by atoms with Crippen LogP contribution in [0.25, 0.3) is 0 Å². The summed E-state index contributed by atoms with van der Waals surface area (Å²) in [5.74, 6) is 0.112. The number of rotatable bonds is 1. The van der Waals surface area contributed by atoms with Crippen LogP contribution in [0.3, 0.4) is 0 Å². The molecular formula is C11H23ClN4O2. The van der Waals surface area contributed by atoms with E-state index in [1.54, 1.807) is 4.90 Å². The molecule has 0 aromatic heterocycles. The smallest absolute Gasteiger partial charge is 0.410 e. The fourth-order valence-corrected chi connectivity index (χ4v) is 1.71. The summed E-state index contributed by atoms with van der Waals surface area (Å²) in [7, 11) is 0. The van der Waals surface area contributed by atoms with Gasteiger partial charge in [-0.2, -0.15) is 0 Å². The number of nitrogens with two attached hydrogens (primary N) is 2. The van der Waals surface area contributed by atoms with Crippen molar-refractivity contribution in [1.82, 2.24) is 4.90 Å². The van der Waals surface area contributed by atoms with Gasteiger partial charge in [0, 0.05) is 13.1 Å². The molecule has 0 spiro atoms. The van der Waals surface area contributed by atoms with Crippen LogP contribution in [0.1, 0.15) is 33.6 Å².